The summed E-state index contributed by atoms with van der Waals surface area (Å²) in [4.78, 5) is 1.62. The van der Waals surface area contributed by atoms with E-state index < -0.39 is 9.84 Å². The van der Waals surface area contributed by atoms with Crippen LogP contribution in [0, 0.1) is 6.92 Å². The Morgan fingerprint density at radius 3 is 2.60 bits per heavy atom. The smallest absolute Gasteiger partial charge is 0.175 e. The average molecular weight is 309 g/mol. The first kappa shape index (κ1) is 15.2. The number of aryl methyl sites for hydroxylation is 1. The molecule has 1 unspecified atom stereocenters. The van der Waals surface area contributed by atoms with Crippen LogP contribution < -0.4 is 5.32 Å². The van der Waals surface area contributed by atoms with Crippen LogP contribution in [0.4, 0.5) is 0 Å². The predicted molar refractivity (Wildman–Crippen MR) is 84.1 cm³/mol. The Kier molecular flexibility index (Phi) is 4.62. The molecule has 0 fully saturated rings. The third-order valence-corrected chi connectivity index (χ3v) is 5.21. The zero-order valence-corrected chi connectivity index (χ0v) is 13.5. The Balaban J connectivity index is 2.48. The summed E-state index contributed by atoms with van der Waals surface area (Å²) >= 11 is 1.70. The molecule has 0 aliphatic heterocycles. The van der Waals surface area contributed by atoms with E-state index in [0.29, 0.717) is 4.90 Å². The second-order valence-corrected chi connectivity index (χ2v) is 7.90. The van der Waals surface area contributed by atoms with Crippen molar-refractivity contribution in [2.75, 3.05) is 12.8 Å². The highest BCUT2D eigenvalue weighted by molar-refractivity contribution is 7.90. The topological polar surface area (TPSA) is 46.2 Å². The molecule has 0 saturated carbocycles. The first-order valence-electron chi connectivity index (χ1n) is 6.51. The first-order valence-corrected chi connectivity index (χ1v) is 9.28. The molecule has 0 amide bonds. The molecule has 0 radical (unpaired) electrons. The van der Waals surface area contributed by atoms with Crippen molar-refractivity contribution in [2.45, 2.75) is 24.8 Å². The van der Waals surface area contributed by atoms with Crippen molar-refractivity contribution in [3.05, 3.63) is 51.7 Å². The molecule has 108 valence electrons. The molecular weight excluding hydrogens is 290 g/mol. The summed E-state index contributed by atoms with van der Waals surface area (Å²) in [5, 5.41) is 5.50. The number of hydrogen-bond donors (Lipinski definition) is 1. The van der Waals surface area contributed by atoms with E-state index >= 15 is 0 Å². The molecule has 0 aliphatic carbocycles. The normalized spacial score (nSPS) is 13.3. The lowest BCUT2D eigenvalue weighted by molar-refractivity contribution is 0.600. The molecular formula is C15H19NO2S2. The summed E-state index contributed by atoms with van der Waals surface area (Å²) in [7, 11) is -3.18. The summed E-state index contributed by atoms with van der Waals surface area (Å²) in [5.74, 6) is 0. The minimum Gasteiger partial charge on any atom is -0.306 e. The molecule has 1 aromatic heterocycles. The molecule has 0 bridgehead atoms. The van der Waals surface area contributed by atoms with Gasteiger partial charge in [-0.1, -0.05) is 19.1 Å². The molecule has 0 aliphatic rings. The number of hydrogen-bond acceptors (Lipinski definition) is 4. The summed E-state index contributed by atoms with van der Waals surface area (Å²) in [6.45, 7) is 4.96. The SMILES string of the molecule is CCNC(c1cccc(S(C)(=O)=O)c1)c1ccsc1C. The second kappa shape index (κ2) is 6.08. The fourth-order valence-electron chi connectivity index (χ4n) is 2.23. The van der Waals surface area contributed by atoms with E-state index in [9.17, 15) is 8.42 Å². The molecule has 1 N–H and O–H groups in total. The number of sulfone groups is 1. The van der Waals surface area contributed by atoms with Crippen molar-refractivity contribution in [1.82, 2.24) is 5.32 Å². The van der Waals surface area contributed by atoms with E-state index in [2.05, 4.69) is 30.6 Å². The summed E-state index contributed by atoms with van der Waals surface area (Å²) < 4.78 is 23.4. The highest BCUT2D eigenvalue weighted by atomic mass is 32.2. The number of thiophene rings is 1. The molecule has 1 heterocycles. The fraction of sp³-hybridized carbons (Fsp3) is 0.333. The monoisotopic (exact) mass is 309 g/mol. The number of benzene rings is 1. The lowest BCUT2D eigenvalue weighted by Crippen LogP contribution is -2.22. The van der Waals surface area contributed by atoms with E-state index in [-0.39, 0.29) is 6.04 Å². The Hall–Kier alpha value is -1.17. The standard InChI is InChI=1S/C15H19NO2S2/c1-4-16-15(14-8-9-19-11(14)2)12-6-5-7-13(10-12)20(3,17)18/h5-10,15-16H,4H2,1-3H3. The molecule has 1 atom stereocenters. The highest BCUT2D eigenvalue weighted by Gasteiger charge is 2.17. The van der Waals surface area contributed by atoms with E-state index in [1.807, 2.05) is 6.07 Å². The Labute approximate surface area is 124 Å². The maximum Gasteiger partial charge on any atom is 0.175 e. The first-order chi connectivity index (χ1) is 9.43. The van der Waals surface area contributed by atoms with Gasteiger partial charge in [0.2, 0.25) is 0 Å². The summed E-state index contributed by atoms with van der Waals surface area (Å²) in [6.07, 6.45) is 1.24. The van der Waals surface area contributed by atoms with Crippen LogP contribution >= 0.6 is 11.3 Å². The number of rotatable bonds is 5. The minimum absolute atomic E-state index is 0.0351. The zero-order chi connectivity index (χ0) is 14.8. The van der Waals surface area contributed by atoms with E-state index in [1.54, 1.807) is 29.5 Å². The molecule has 3 nitrogen and oxygen atoms in total. The van der Waals surface area contributed by atoms with Gasteiger partial charge in [0.1, 0.15) is 0 Å². The quantitative estimate of drug-likeness (QED) is 0.923. The van der Waals surface area contributed by atoms with Crippen molar-refractivity contribution in [3.63, 3.8) is 0 Å². The van der Waals surface area contributed by atoms with Crippen LogP contribution in [0.1, 0.15) is 29.0 Å². The van der Waals surface area contributed by atoms with Crippen molar-refractivity contribution >= 4 is 21.2 Å². The van der Waals surface area contributed by atoms with Crippen LogP contribution in [0.2, 0.25) is 0 Å². The number of nitrogens with one attached hydrogen (secondary N) is 1. The zero-order valence-electron chi connectivity index (χ0n) is 11.9. The fourth-order valence-corrected chi connectivity index (χ4v) is 3.65. The van der Waals surface area contributed by atoms with E-state index in [1.165, 1.54) is 16.7 Å². The van der Waals surface area contributed by atoms with Gasteiger partial charge in [-0.25, -0.2) is 8.42 Å². The van der Waals surface area contributed by atoms with Gasteiger partial charge in [-0.2, -0.15) is 0 Å². The predicted octanol–water partition coefficient (Wildman–Crippen LogP) is 3.16. The average Bonchev–Trinajstić information content (AvgIpc) is 2.81. The third kappa shape index (κ3) is 3.29. The molecule has 20 heavy (non-hydrogen) atoms. The third-order valence-electron chi connectivity index (χ3n) is 3.24. The minimum atomic E-state index is -3.18. The lowest BCUT2D eigenvalue weighted by atomic mass is 9.99. The Bertz CT molecular complexity index is 689. The molecule has 2 rings (SSSR count). The van der Waals surface area contributed by atoms with Crippen molar-refractivity contribution in [2.24, 2.45) is 0 Å². The van der Waals surface area contributed by atoms with Crippen molar-refractivity contribution < 1.29 is 8.42 Å². The summed E-state index contributed by atoms with van der Waals surface area (Å²) in [6, 6.07) is 9.31. The summed E-state index contributed by atoms with van der Waals surface area (Å²) in [5.41, 5.74) is 2.19. The van der Waals surface area contributed by atoms with Crippen LogP contribution in [0.3, 0.4) is 0 Å². The highest BCUT2D eigenvalue weighted by Crippen LogP contribution is 2.29. The Morgan fingerprint density at radius 1 is 1.30 bits per heavy atom. The largest absolute Gasteiger partial charge is 0.306 e. The van der Waals surface area contributed by atoms with Crippen LogP contribution in [0.5, 0.6) is 0 Å². The molecule has 5 heteroatoms. The molecule has 0 saturated heterocycles. The van der Waals surface area contributed by atoms with Gasteiger partial charge >= 0.3 is 0 Å². The van der Waals surface area contributed by atoms with Gasteiger partial charge in [-0.3, -0.25) is 0 Å². The van der Waals surface area contributed by atoms with Gasteiger partial charge in [-0.05, 0) is 48.2 Å². The second-order valence-electron chi connectivity index (χ2n) is 4.77. The van der Waals surface area contributed by atoms with Crippen molar-refractivity contribution in [1.29, 1.82) is 0 Å². The van der Waals surface area contributed by atoms with E-state index in [4.69, 9.17) is 0 Å². The molecule has 0 spiro atoms. The van der Waals surface area contributed by atoms with Crippen LogP contribution in [-0.4, -0.2) is 21.2 Å². The van der Waals surface area contributed by atoms with Crippen molar-refractivity contribution in [3.8, 4) is 0 Å². The maximum atomic E-state index is 11.7. The van der Waals surface area contributed by atoms with Gasteiger partial charge in [0, 0.05) is 11.1 Å². The van der Waals surface area contributed by atoms with Crippen LogP contribution in [0.25, 0.3) is 0 Å². The lowest BCUT2D eigenvalue weighted by Gasteiger charge is -2.19. The van der Waals surface area contributed by atoms with Gasteiger partial charge in [-0.15, -0.1) is 11.3 Å². The van der Waals surface area contributed by atoms with Gasteiger partial charge in [0.25, 0.3) is 0 Å². The maximum absolute atomic E-state index is 11.7. The molecule has 1 aromatic carbocycles. The van der Waals surface area contributed by atoms with Gasteiger partial charge in [0.05, 0.1) is 10.9 Å². The van der Waals surface area contributed by atoms with Crippen LogP contribution in [-0.2, 0) is 9.84 Å². The molecule has 2 aromatic rings. The Morgan fingerprint density at radius 2 is 2.05 bits per heavy atom. The van der Waals surface area contributed by atoms with Gasteiger partial charge < -0.3 is 5.32 Å². The van der Waals surface area contributed by atoms with E-state index in [0.717, 1.165) is 12.1 Å². The van der Waals surface area contributed by atoms with Gasteiger partial charge in [0.15, 0.2) is 9.84 Å². The van der Waals surface area contributed by atoms with Crippen LogP contribution in [0.15, 0.2) is 40.6 Å².